The van der Waals surface area contributed by atoms with E-state index in [1.165, 1.54) is 11.3 Å². The summed E-state index contributed by atoms with van der Waals surface area (Å²) < 4.78 is 0. The first-order valence-corrected chi connectivity index (χ1v) is 5.71. The summed E-state index contributed by atoms with van der Waals surface area (Å²) in [6.45, 7) is 0.201. The van der Waals surface area contributed by atoms with Gasteiger partial charge in [0.05, 0.1) is 6.61 Å². The van der Waals surface area contributed by atoms with E-state index in [-0.39, 0.29) is 12.6 Å². The molecule has 16 heavy (non-hydrogen) atoms. The van der Waals surface area contributed by atoms with Crippen LogP contribution in [-0.2, 0) is 6.42 Å². The first-order chi connectivity index (χ1) is 7.67. The second-order valence-electron chi connectivity index (χ2n) is 4.27. The summed E-state index contributed by atoms with van der Waals surface area (Å²) in [5.74, 6) is 0. The van der Waals surface area contributed by atoms with E-state index in [2.05, 4.69) is 34.5 Å². The Bertz CT molecular complexity index is 291. The molecule has 0 saturated heterocycles. The quantitative estimate of drug-likeness (QED) is 0.761. The van der Waals surface area contributed by atoms with Crippen LogP contribution in [0.25, 0.3) is 0 Å². The zero-order valence-electron chi connectivity index (χ0n) is 10.4. The molecule has 1 rings (SSSR count). The number of benzene rings is 1. The smallest absolute Gasteiger partial charge is 0.0584 e. The van der Waals surface area contributed by atoms with Crippen LogP contribution in [0.2, 0.25) is 0 Å². The molecule has 90 valence electrons. The lowest BCUT2D eigenvalue weighted by molar-refractivity contribution is 0.242. The average Bonchev–Trinajstić information content (AvgIpc) is 2.31. The zero-order valence-corrected chi connectivity index (χ0v) is 10.4. The summed E-state index contributed by atoms with van der Waals surface area (Å²) in [7, 11) is 5.96. The standard InChI is InChI=1S/C13H22N2O/c1-14-12(10-16)7-4-11-5-8-13(9-6-11)15(2)3/h5-6,8-9,12,14,16H,4,7,10H2,1-3H3. The Labute approximate surface area is 98.1 Å². The van der Waals surface area contributed by atoms with E-state index in [0.717, 1.165) is 12.8 Å². The van der Waals surface area contributed by atoms with Gasteiger partial charge in [-0.3, -0.25) is 0 Å². The van der Waals surface area contributed by atoms with E-state index in [1.54, 1.807) is 0 Å². The van der Waals surface area contributed by atoms with E-state index in [4.69, 9.17) is 5.11 Å². The molecule has 0 amide bonds. The van der Waals surface area contributed by atoms with E-state index in [0.29, 0.717) is 0 Å². The number of anilines is 1. The number of aliphatic hydroxyl groups excluding tert-OH is 1. The molecule has 1 unspecified atom stereocenters. The molecule has 1 aromatic carbocycles. The van der Waals surface area contributed by atoms with Crippen LogP contribution in [0, 0.1) is 0 Å². The third-order valence-corrected chi connectivity index (χ3v) is 2.86. The Morgan fingerprint density at radius 1 is 1.25 bits per heavy atom. The van der Waals surface area contributed by atoms with Crippen molar-refractivity contribution in [3.8, 4) is 0 Å². The van der Waals surface area contributed by atoms with Gasteiger partial charge in [-0.1, -0.05) is 12.1 Å². The molecule has 0 radical (unpaired) electrons. The first kappa shape index (κ1) is 13.0. The predicted octanol–water partition coefficient (Wildman–Crippen LogP) is 1.27. The number of rotatable bonds is 6. The van der Waals surface area contributed by atoms with Crippen molar-refractivity contribution in [1.82, 2.24) is 5.32 Å². The van der Waals surface area contributed by atoms with Crippen molar-refractivity contribution in [3.05, 3.63) is 29.8 Å². The van der Waals surface area contributed by atoms with Gasteiger partial charge < -0.3 is 15.3 Å². The lowest BCUT2D eigenvalue weighted by atomic mass is 10.1. The van der Waals surface area contributed by atoms with Gasteiger partial charge in [-0.05, 0) is 37.6 Å². The van der Waals surface area contributed by atoms with Crippen LogP contribution in [-0.4, -0.2) is 38.9 Å². The molecule has 0 saturated carbocycles. The lowest BCUT2D eigenvalue weighted by Crippen LogP contribution is -2.29. The van der Waals surface area contributed by atoms with Gasteiger partial charge in [-0.15, -0.1) is 0 Å². The molecular weight excluding hydrogens is 200 g/mol. The van der Waals surface area contributed by atoms with Crippen molar-refractivity contribution in [3.63, 3.8) is 0 Å². The second kappa shape index (κ2) is 6.51. The van der Waals surface area contributed by atoms with Gasteiger partial charge in [0, 0.05) is 25.8 Å². The monoisotopic (exact) mass is 222 g/mol. The summed E-state index contributed by atoms with van der Waals surface area (Å²) >= 11 is 0. The van der Waals surface area contributed by atoms with Crippen molar-refractivity contribution in [1.29, 1.82) is 0 Å². The molecular formula is C13H22N2O. The second-order valence-corrected chi connectivity index (χ2v) is 4.27. The van der Waals surface area contributed by atoms with E-state index in [9.17, 15) is 0 Å². The van der Waals surface area contributed by atoms with Crippen molar-refractivity contribution < 1.29 is 5.11 Å². The number of hydrogen-bond acceptors (Lipinski definition) is 3. The average molecular weight is 222 g/mol. The highest BCUT2D eigenvalue weighted by molar-refractivity contribution is 5.45. The van der Waals surface area contributed by atoms with Gasteiger partial charge >= 0.3 is 0 Å². The Morgan fingerprint density at radius 2 is 1.88 bits per heavy atom. The maximum Gasteiger partial charge on any atom is 0.0584 e. The molecule has 0 aromatic heterocycles. The van der Waals surface area contributed by atoms with Gasteiger partial charge in [-0.2, -0.15) is 0 Å². The Morgan fingerprint density at radius 3 is 2.31 bits per heavy atom. The maximum absolute atomic E-state index is 9.05. The Kier molecular flexibility index (Phi) is 5.29. The molecule has 0 bridgehead atoms. The van der Waals surface area contributed by atoms with Gasteiger partial charge in [0.2, 0.25) is 0 Å². The minimum Gasteiger partial charge on any atom is -0.395 e. The van der Waals surface area contributed by atoms with Crippen LogP contribution < -0.4 is 10.2 Å². The Hall–Kier alpha value is -1.06. The highest BCUT2D eigenvalue weighted by Gasteiger charge is 2.04. The summed E-state index contributed by atoms with van der Waals surface area (Å²) in [6, 6.07) is 8.76. The van der Waals surface area contributed by atoms with Crippen LogP contribution in [0.4, 0.5) is 5.69 Å². The first-order valence-electron chi connectivity index (χ1n) is 5.71. The third kappa shape index (κ3) is 3.83. The SMILES string of the molecule is CNC(CO)CCc1ccc(N(C)C)cc1. The van der Waals surface area contributed by atoms with E-state index >= 15 is 0 Å². The van der Waals surface area contributed by atoms with Crippen molar-refractivity contribution in [2.24, 2.45) is 0 Å². The molecule has 0 aliphatic carbocycles. The summed E-state index contributed by atoms with van der Waals surface area (Å²) in [5, 5.41) is 12.1. The molecule has 3 heteroatoms. The van der Waals surface area contributed by atoms with Crippen LogP contribution in [0.15, 0.2) is 24.3 Å². The maximum atomic E-state index is 9.05. The highest BCUT2D eigenvalue weighted by Crippen LogP contribution is 2.13. The van der Waals surface area contributed by atoms with Crippen molar-refractivity contribution >= 4 is 5.69 Å². The number of nitrogens with zero attached hydrogens (tertiary/aromatic N) is 1. The van der Waals surface area contributed by atoms with Gasteiger partial charge in [-0.25, -0.2) is 0 Å². The van der Waals surface area contributed by atoms with Gasteiger partial charge in [0.15, 0.2) is 0 Å². The molecule has 0 aliphatic rings. The Balaban J connectivity index is 2.49. The van der Waals surface area contributed by atoms with Crippen LogP contribution >= 0.6 is 0 Å². The molecule has 0 heterocycles. The van der Waals surface area contributed by atoms with Gasteiger partial charge in [0.1, 0.15) is 0 Å². The molecule has 0 fully saturated rings. The van der Waals surface area contributed by atoms with Crippen molar-refractivity contribution in [2.45, 2.75) is 18.9 Å². The molecule has 1 aromatic rings. The number of nitrogens with one attached hydrogen (secondary N) is 1. The molecule has 0 spiro atoms. The van der Waals surface area contributed by atoms with Crippen LogP contribution in [0.1, 0.15) is 12.0 Å². The van der Waals surface area contributed by atoms with Crippen LogP contribution in [0.5, 0.6) is 0 Å². The predicted molar refractivity (Wildman–Crippen MR) is 69.0 cm³/mol. The summed E-state index contributed by atoms with van der Waals surface area (Å²) in [6.07, 6.45) is 1.97. The molecule has 3 nitrogen and oxygen atoms in total. The highest BCUT2D eigenvalue weighted by atomic mass is 16.3. The summed E-state index contributed by atoms with van der Waals surface area (Å²) in [5.41, 5.74) is 2.54. The minimum atomic E-state index is 0.201. The van der Waals surface area contributed by atoms with Crippen molar-refractivity contribution in [2.75, 3.05) is 32.6 Å². The normalized spacial score (nSPS) is 12.5. The zero-order chi connectivity index (χ0) is 12.0. The molecule has 2 N–H and O–H groups in total. The number of hydrogen-bond donors (Lipinski definition) is 2. The minimum absolute atomic E-state index is 0.201. The van der Waals surface area contributed by atoms with E-state index in [1.807, 2.05) is 21.1 Å². The number of aliphatic hydroxyl groups is 1. The number of aryl methyl sites for hydroxylation is 1. The fourth-order valence-corrected chi connectivity index (χ4v) is 1.63. The van der Waals surface area contributed by atoms with E-state index < -0.39 is 0 Å². The van der Waals surface area contributed by atoms with Crippen LogP contribution in [0.3, 0.4) is 0 Å². The fraction of sp³-hybridized carbons (Fsp3) is 0.538. The summed E-state index contributed by atoms with van der Waals surface area (Å²) in [4.78, 5) is 2.09. The molecule has 1 atom stereocenters. The van der Waals surface area contributed by atoms with Gasteiger partial charge in [0.25, 0.3) is 0 Å². The molecule has 0 aliphatic heterocycles. The topological polar surface area (TPSA) is 35.5 Å². The third-order valence-electron chi connectivity index (χ3n) is 2.86. The fourth-order valence-electron chi connectivity index (χ4n) is 1.63. The lowest BCUT2D eigenvalue weighted by Gasteiger charge is -2.14. The largest absolute Gasteiger partial charge is 0.395 e. The number of likely N-dealkylation sites (N-methyl/N-ethyl adjacent to an activating group) is 1.